The summed E-state index contributed by atoms with van der Waals surface area (Å²) in [7, 11) is 0. The van der Waals surface area contributed by atoms with Gasteiger partial charge in [0, 0.05) is 36.2 Å². The molecule has 0 heterocycles. The number of ether oxygens (including phenoxy) is 1. The van der Waals surface area contributed by atoms with Crippen molar-refractivity contribution in [1.82, 2.24) is 0 Å². The number of ketones is 3. The topological polar surface area (TPSA) is 97.7 Å². The average Bonchev–Trinajstić information content (AvgIpc) is 2.71. The highest BCUT2D eigenvalue weighted by Crippen LogP contribution is 2.46. The third kappa shape index (κ3) is 4.90. The van der Waals surface area contributed by atoms with E-state index in [0.29, 0.717) is 0 Å². The summed E-state index contributed by atoms with van der Waals surface area (Å²) in [4.78, 5) is 48.2. The van der Waals surface area contributed by atoms with Crippen molar-refractivity contribution < 1.29 is 29.0 Å². The van der Waals surface area contributed by atoms with Crippen molar-refractivity contribution in [2.24, 2.45) is 17.3 Å². The molecule has 0 radical (unpaired) electrons. The maximum absolute atomic E-state index is 12.5. The van der Waals surface area contributed by atoms with Crippen LogP contribution in [0.25, 0.3) is 0 Å². The van der Waals surface area contributed by atoms with E-state index in [1.165, 1.54) is 13.8 Å². The molecule has 1 fully saturated rings. The van der Waals surface area contributed by atoms with Crippen LogP contribution in [0.1, 0.15) is 54.4 Å². The Morgan fingerprint density at radius 3 is 2.42 bits per heavy atom. The quantitative estimate of drug-likeness (QED) is 0.287. The summed E-state index contributed by atoms with van der Waals surface area (Å²) in [5.74, 6) is -2.55. The number of rotatable bonds is 5. The van der Waals surface area contributed by atoms with Gasteiger partial charge in [0.25, 0.3) is 0 Å². The minimum atomic E-state index is -0.760. The van der Waals surface area contributed by atoms with E-state index >= 15 is 0 Å². The van der Waals surface area contributed by atoms with E-state index in [1.54, 1.807) is 6.08 Å². The van der Waals surface area contributed by atoms with Gasteiger partial charge >= 0.3 is 5.97 Å². The van der Waals surface area contributed by atoms with Gasteiger partial charge in [0.15, 0.2) is 0 Å². The first kappa shape index (κ1) is 24.8. The van der Waals surface area contributed by atoms with Crippen LogP contribution in [0.2, 0.25) is 0 Å². The summed E-state index contributed by atoms with van der Waals surface area (Å²) in [6.45, 7) is 10.4. The third-order valence-electron chi connectivity index (χ3n) is 6.65. The molecule has 0 unspecified atom stereocenters. The summed E-state index contributed by atoms with van der Waals surface area (Å²) in [6, 6.07) is 0. The molecule has 6 nitrogen and oxygen atoms in total. The zero-order chi connectivity index (χ0) is 23.7. The van der Waals surface area contributed by atoms with Crippen LogP contribution in [0, 0.1) is 17.3 Å². The highest BCUT2D eigenvalue weighted by atomic mass is 35.5. The largest absolute Gasteiger partial charge is 0.506 e. The van der Waals surface area contributed by atoms with E-state index in [9.17, 15) is 24.3 Å². The number of esters is 1. The fourth-order valence-corrected chi connectivity index (χ4v) is 4.20. The van der Waals surface area contributed by atoms with E-state index in [2.05, 4.69) is 0 Å². The summed E-state index contributed by atoms with van der Waals surface area (Å²) >= 11 is 5.96. The van der Waals surface area contributed by atoms with Gasteiger partial charge < -0.3 is 9.84 Å². The predicted octanol–water partition coefficient (Wildman–Crippen LogP) is 4.54. The SMILES string of the molecule is CC(=O)O[C@H]1CC(=O)[C@H](C)[C@@](C)(/C=C/C(C)=C/CC2=C(O)C(Cl)=C(C)C(=O)C2=O)[C@@H]1C. The smallest absolute Gasteiger partial charge is 0.302 e. The van der Waals surface area contributed by atoms with Gasteiger partial charge in [-0.2, -0.15) is 0 Å². The highest BCUT2D eigenvalue weighted by molar-refractivity contribution is 6.53. The molecule has 0 aromatic heterocycles. The Hall–Kier alpha value is -2.47. The van der Waals surface area contributed by atoms with Crippen LogP contribution in [0.3, 0.4) is 0 Å². The molecule has 31 heavy (non-hydrogen) atoms. The minimum Gasteiger partial charge on any atom is -0.506 e. The number of hydrogen-bond donors (Lipinski definition) is 1. The van der Waals surface area contributed by atoms with E-state index in [1.807, 2.05) is 39.8 Å². The normalized spacial score (nSPS) is 30.5. The van der Waals surface area contributed by atoms with E-state index in [0.717, 1.165) is 5.57 Å². The number of hydrogen-bond acceptors (Lipinski definition) is 6. The van der Waals surface area contributed by atoms with Gasteiger partial charge in [0.1, 0.15) is 17.6 Å². The molecule has 0 amide bonds. The van der Waals surface area contributed by atoms with Crippen molar-refractivity contribution in [2.75, 3.05) is 0 Å². The van der Waals surface area contributed by atoms with Gasteiger partial charge in [-0.3, -0.25) is 19.2 Å². The number of carbonyl (C=O) groups is 4. The molecule has 1 N–H and O–H groups in total. The second-order valence-corrected chi connectivity index (χ2v) is 8.98. The van der Waals surface area contributed by atoms with E-state index in [4.69, 9.17) is 16.3 Å². The van der Waals surface area contributed by atoms with Crippen molar-refractivity contribution in [3.05, 3.63) is 45.7 Å². The molecule has 2 rings (SSSR count). The van der Waals surface area contributed by atoms with Crippen LogP contribution in [0.5, 0.6) is 0 Å². The number of Topliss-reactive ketones (excluding diaryl/α,β-unsaturated/α-hetero) is 3. The van der Waals surface area contributed by atoms with E-state index in [-0.39, 0.29) is 52.4 Å². The number of carbonyl (C=O) groups excluding carboxylic acids is 4. The zero-order valence-electron chi connectivity index (χ0n) is 18.7. The lowest BCUT2D eigenvalue weighted by Gasteiger charge is -2.45. The Balaban J connectivity index is 2.26. The molecule has 7 heteroatoms. The Morgan fingerprint density at radius 2 is 1.84 bits per heavy atom. The van der Waals surface area contributed by atoms with Crippen LogP contribution in [-0.4, -0.2) is 34.5 Å². The Labute approximate surface area is 187 Å². The third-order valence-corrected chi connectivity index (χ3v) is 7.11. The Morgan fingerprint density at radius 1 is 1.23 bits per heavy atom. The summed E-state index contributed by atoms with van der Waals surface area (Å²) in [5, 5.41) is 10.1. The average molecular weight is 449 g/mol. The number of aliphatic hydroxyl groups excluding tert-OH is 1. The first-order chi connectivity index (χ1) is 14.3. The molecule has 0 bridgehead atoms. The molecule has 0 aliphatic heterocycles. The van der Waals surface area contributed by atoms with Crippen molar-refractivity contribution in [2.45, 2.75) is 60.5 Å². The lowest BCUT2D eigenvalue weighted by Crippen LogP contribution is -2.48. The Bertz CT molecular complexity index is 951. The molecule has 0 aromatic carbocycles. The monoisotopic (exact) mass is 448 g/mol. The van der Waals surface area contributed by atoms with Gasteiger partial charge in [-0.1, -0.05) is 56.2 Å². The molecule has 0 saturated heterocycles. The molecule has 1 saturated carbocycles. The van der Waals surface area contributed by atoms with Crippen LogP contribution in [0.4, 0.5) is 0 Å². The van der Waals surface area contributed by atoms with Gasteiger partial charge in [-0.15, -0.1) is 0 Å². The molecule has 0 spiro atoms. The lowest BCUT2D eigenvalue weighted by atomic mass is 9.60. The predicted molar refractivity (Wildman–Crippen MR) is 117 cm³/mol. The molecule has 2 aliphatic carbocycles. The maximum atomic E-state index is 12.5. The second-order valence-electron chi connectivity index (χ2n) is 8.60. The maximum Gasteiger partial charge on any atom is 0.302 e. The van der Waals surface area contributed by atoms with E-state index < -0.39 is 29.1 Å². The summed E-state index contributed by atoms with van der Waals surface area (Å²) in [5.41, 5.74) is 0.245. The molecular formula is C24H29ClO6. The number of aliphatic hydroxyl groups is 1. The van der Waals surface area contributed by atoms with Crippen molar-refractivity contribution in [3.63, 3.8) is 0 Å². The van der Waals surface area contributed by atoms with Crippen LogP contribution in [-0.2, 0) is 23.9 Å². The van der Waals surface area contributed by atoms with Crippen LogP contribution in [0.15, 0.2) is 45.7 Å². The van der Waals surface area contributed by atoms with Gasteiger partial charge in [0.05, 0.1) is 10.6 Å². The Kier molecular flexibility index (Phi) is 7.48. The lowest BCUT2D eigenvalue weighted by molar-refractivity contribution is -0.159. The molecule has 0 aromatic rings. The molecule has 4 atom stereocenters. The zero-order valence-corrected chi connectivity index (χ0v) is 19.5. The molecular weight excluding hydrogens is 420 g/mol. The minimum absolute atomic E-state index is 0.0358. The van der Waals surface area contributed by atoms with Gasteiger partial charge in [-0.05, 0) is 20.3 Å². The molecule has 2 aliphatic rings. The summed E-state index contributed by atoms with van der Waals surface area (Å²) < 4.78 is 5.38. The number of allylic oxidation sites excluding steroid dienone is 7. The highest BCUT2D eigenvalue weighted by Gasteiger charge is 2.48. The van der Waals surface area contributed by atoms with Crippen LogP contribution >= 0.6 is 11.6 Å². The van der Waals surface area contributed by atoms with Gasteiger partial charge in [-0.25, -0.2) is 0 Å². The first-order valence-electron chi connectivity index (χ1n) is 10.2. The van der Waals surface area contributed by atoms with Crippen LogP contribution < -0.4 is 0 Å². The fourth-order valence-electron chi connectivity index (χ4n) is 4.00. The standard InChI is InChI=1S/C24H29ClO6/c1-12(7-8-17-22(29)20(25)13(2)21(28)23(17)30)9-10-24(6)14(3)18(27)11-19(15(24)4)31-16(5)26/h7,9-10,14-15,19,29H,8,11H2,1-6H3/b10-9+,12-7+/t14-,15+,19-,24+/m0/s1. The van der Waals surface area contributed by atoms with Crippen molar-refractivity contribution >= 4 is 34.9 Å². The summed E-state index contributed by atoms with van der Waals surface area (Å²) in [6.07, 6.45) is 5.26. The molecule has 168 valence electrons. The first-order valence-corrected chi connectivity index (χ1v) is 10.6. The van der Waals surface area contributed by atoms with Crippen molar-refractivity contribution in [3.8, 4) is 0 Å². The second kappa shape index (κ2) is 9.35. The number of halogens is 1. The fraction of sp³-hybridized carbons (Fsp3) is 0.500. The van der Waals surface area contributed by atoms with Gasteiger partial charge in [0.2, 0.25) is 11.6 Å². The van der Waals surface area contributed by atoms with Crippen molar-refractivity contribution in [1.29, 1.82) is 0 Å².